The molecule has 0 aromatic carbocycles. The summed E-state index contributed by atoms with van der Waals surface area (Å²) in [5.74, 6) is 1.11. The molecule has 1 heteroatoms. The molecule has 1 N–H and O–H groups in total. The molecule has 0 aromatic heterocycles. The minimum atomic E-state index is -0.497. The molecular formula is C20H34O. The van der Waals surface area contributed by atoms with E-state index >= 15 is 0 Å². The summed E-state index contributed by atoms with van der Waals surface area (Å²) in [5.41, 5.74) is 2.75. The van der Waals surface area contributed by atoms with E-state index in [1.54, 1.807) is 0 Å². The maximum Gasteiger partial charge on any atom is 0.0653 e. The minimum absolute atomic E-state index is 0.220. The molecule has 21 heavy (non-hydrogen) atoms. The number of hydrogen-bond acceptors (Lipinski definition) is 1. The fourth-order valence-corrected chi connectivity index (χ4v) is 4.67. The van der Waals surface area contributed by atoms with Gasteiger partial charge in [-0.1, -0.05) is 37.1 Å². The largest absolute Gasteiger partial charge is 0.390 e. The maximum absolute atomic E-state index is 10.9. The first-order valence-electron chi connectivity index (χ1n) is 8.77. The molecule has 2 bridgehead atoms. The lowest BCUT2D eigenvalue weighted by atomic mass is 9.54. The van der Waals surface area contributed by atoms with Crippen LogP contribution in [0, 0.1) is 17.3 Å². The first kappa shape index (κ1) is 16.8. The Bertz CT molecular complexity index is 425. The lowest BCUT2D eigenvalue weighted by Gasteiger charge is -2.53. The van der Waals surface area contributed by atoms with Crippen LogP contribution in [0.2, 0.25) is 0 Å². The summed E-state index contributed by atoms with van der Waals surface area (Å²) in [4.78, 5) is 0. The number of allylic oxidation sites excluding steroid dienone is 4. The fraction of sp³-hybridized carbons (Fsp3) is 0.800. The number of rotatable bonds is 0. The van der Waals surface area contributed by atoms with Crippen molar-refractivity contribution >= 4 is 0 Å². The molecule has 3 atom stereocenters. The summed E-state index contributed by atoms with van der Waals surface area (Å²) in [5, 5.41) is 10.9. The third kappa shape index (κ3) is 3.80. The molecule has 0 heterocycles. The van der Waals surface area contributed by atoms with Gasteiger partial charge in [-0.05, 0) is 83.0 Å². The van der Waals surface area contributed by atoms with Crippen LogP contribution >= 0.6 is 0 Å². The second-order valence-corrected chi connectivity index (χ2v) is 8.38. The topological polar surface area (TPSA) is 20.2 Å². The lowest BCUT2D eigenvalue weighted by Crippen LogP contribution is -2.51. The molecule has 0 spiro atoms. The molecule has 120 valence electrons. The summed E-state index contributed by atoms with van der Waals surface area (Å²) in [6.45, 7) is 11.4. The van der Waals surface area contributed by atoms with Crippen LogP contribution in [0.3, 0.4) is 0 Å². The Morgan fingerprint density at radius 2 is 1.67 bits per heavy atom. The zero-order chi connectivity index (χ0) is 15.7. The molecule has 2 aliphatic carbocycles. The average Bonchev–Trinajstić information content (AvgIpc) is 2.35. The molecule has 0 unspecified atom stereocenters. The van der Waals surface area contributed by atoms with Gasteiger partial charge in [-0.2, -0.15) is 0 Å². The van der Waals surface area contributed by atoms with Crippen LogP contribution in [0.5, 0.6) is 0 Å². The van der Waals surface area contributed by atoms with Gasteiger partial charge in [0.1, 0.15) is 0 Å². The van der Waals surface area contributed by atoms with Crippen molar-refractivity contribution in [1.29, 1.82) is 0 Å². The third-order valence-electron chi connectivity index (χ3n) is 6.31. The second-order valence-electron chi connectivity index (χ2n) is 8.38. The van der Waals surface area contributed by atoms with Crippen LogP contribution in [-0.2, 0) is 0 Å². The molecule has 0 radical (unpaired) electrons. The van der Waals surface area contributed by atoms with Gasteiger partial charge in [-0.15, -0.1) is 0 Å². The van der Waals surface area contributed by atoms with E-state index in [2.05, 4.69) is 46.8 Å². The zero-order valence-corrected chi connectivity index (χ0v) is 14.7. The van der Waals surface area contributed by atoms with Crippen molar-refractivity contribution in [3.63, 3.8) is 0 Å². The zero-order valence-electron chi connectivity index (χ0n) is 14.7. The van der Waals surface area contributed by atoms with E-state index < -0.39 is 5.60 Å². The van der Waals surface area contributed by atoms with Crippen LogP contribution in [0.1, 0.15) is 79.6 Å². The maximum atomic E-state index is 10.9. The Labute approximate surface area is 131 Å². The van der Waals surface area contributed by atoms with E-state index in [4.69, 9.17) is 0 Å². The van der Waals surface area contributed by atoms with Crippen molar-refractivity contribution in [1.82, 2.24) is 0 Å². The highest BCUT2D eigenvalue weighted by Crippen LogP contribution is 2.53. The van der Waals surface area contributed by atoms with E-state index in [9.17, 15) is 5.11 Å². The first-order valence-corrected chi connectivity index (χ1v) is 8.77. The van der Waals surface area contributed by atoms with Gasteiger partial charge in [0.15, 0.2) is 0 Å². The van der Waals surface area contributed by atoms with Crippen molar-refractivity contribution in [3.05, 3.63) is 23.3 Å². The predicted octanol–water partition coefficient (Wildman–Crippen LogP) is 5.65. The Morgan fingerprint density at radius 1 is 1.00 bits per heavy atom. The normalized spacial score (nSPS) is 42.8. The highest BCUT2D eigenvalue weighted by Gasteiger charge is 2.49. The summed E-state index contributed by atoms with van der Waals surface area (Å²) in [7, 11) is 0. The summed E-state index contributed by atoms with van der Waals surface area (Å²) >= 11 is 0. The summed E-state index contributed by atoms with van der Waals surface area (Å²) < 4.78 is 0. The lowest BCUT2D eigenvalue weighted by molar-refractivity contribution is -0.118. The molecule has 0 saturated heterocycles. The van der Waals surface area contributed by atoms with Crippen LogP contribution in [0.25, 0.3) is 0 Å². The van der Waals surface area contributed by atoms with Crippen molar-refractivity contribution in [2.45, 2.75) is 85.2 Å². The van der Waals surface area contributed by atoms with Gasteiger partial charge < -0.3 is 5.11 Å². The minimum Gasteiger partial charge on any atom is -0.390 e. The fourth-order valence-electron chi connectivity index (χ4n) is 4.67. The smallest absolute Gasteiger partial charge is 0.0653 e. The average molecular weight is 290 g/mol. The van der Waals surface area contributed by atoms with Crippen LogP contribution < -0.4 is 0 Å². The molecule has 1 nitrogen and oxygen atoms in total. The first-order chi connectivity index (χ1) is 9.73. The van der Waals surface area contributed by atoms with E-state index in [-0.39, 0.29) is 5.41 Å². The van der Waals surface area contributed by atoms with Crippen molar-refractivity contribution in [3.8, 4) is 0 Å². The number of aliphatic hydroxyl groups is 1. The predicted molar refractivity (Wildman–Crippen MR) is 91.2 cm³/mol. The Balaban J connectivity index is 2.30. The van der Waals surface area contributed by atoms with Gasteiger partial charge in [0.2, 0.25) is 0 Å². The molecule has 1 fully saturated rings. The highest BCUT2D eigenvalue weighted by molar-refractivity contribution is 5.09. The monoisotopic (exact) mass is 290 g/mol. The molecule has 0 aromatic rings. The Hall–Kier alpha value is -0.560. The molecule has 1 saturated carbocycles. The van der Waals surface area contributed by atoms with E-state index in [0.717, 1.165) is 25.7 Å². The van der Waals surface area contributed by atoms with E-state index in [1.165, 1.54) is 30.4 Å². The molecule has 0 aliphatic heterocycles. The molecular weight excluding hydrogens is 256 g/mol. The van der Waals surface area contributed by atoms with Crippen LogP contribution in [0.15, 0.2) is 23.3 Å². The van der Waals surface area contributed by atoms with Gasteiger partial charge >= 0.3 is 0 Å². The van der Waals surface area contributed by atoms with Crippen molar-refractivity contribution < 1.29 is 5.11 Å². The number of hydrogen-bond donors (Lipinski definition) is 1. The van der Waals surface area contributed by atoms with E-state index in [0.29, 0.717) is 11.8 Å². The quantitative estimate of drug-likeness (QED) is 0.572. The van der Waals surface area contributed by atoms with Gasteiger partial charge in [0.05, 0.1) is 5.60 Å². The highest BCUT2D eigenvalue weighted by atomic mass is 16.3. The molecule has 2 aliphatic rings. The Morgan fingerprint density at radius 3 is 2.38 bits per heavy atom. The molecule has 2 rings (SSSR count). The van der Waals surface area contributed by atoms with Crippen LogP contribution in [-0.4, -0.2) is 10.7 Å². The van der Waals surface area contributed by atoms with Gasteiger partial charge in [-0.25, -0.2) is 0 Å². The van der Waals surface area contributed by atoms with Gasteiger partial charge in [0, 0.05) is 0 Å². The standard InChI is InChI=1S/C20H34O/c1-15-7-6-8-16(2)10-12-18-19(3,4)17(11-9-15)13-14-20(18,5)21/h8-9,17-18,21H,6-7,10-14H2,1-5H3/b15-9-,16-8-/t17-,18+,20-/m0/s1. The van der Waals surface area contributed by atoms with Crippen molar-refractivity contribution in [2.75, 3.05) is 0 Å². The van der Waals surface area contributed by atoms with Crippen molar-refractivity contribution in [2.24, 2.45) is 17.3 Å². The second kappa shape index (κ2) is 6.28. The van der Waals surface area contributed by atoms with Gasteiger partial charge in [-0.3, -0.25) is 0 Å². The van der Waals surface area contributed by atoms with Gasteiger partial charge in [0.25, 0.3) is 0 Å². The Kier molecular flexibility index (Phi) is 5.03. The number of fused-ring (bicyclic) bond motifs is 2. The van der Waals surface area contributed by atoms with E-state index in [1.807, 2.05) is 0 Å². The van der Waals surface area contributed by atoms with Crippen LogP contribution in [0.4, 0.5) is 0 Å². The molecule has 0 amide bonds. The SMILES string of the molecule is C/C1=C/C[C@H]2CC[C@](C)(O)[C@H](CC/C(C)=C\CC1)C2(C)C. The summed E-state index contributed by atoms with van der Waals surface area (Å²) in [6, 6.07) is 0. The summed E-state index contributed by atoms with van der Waals surface area (Å²) in [6.07, 6.45) is 12.8. The third-order valence-corrected chi connectivity index (χ3v) is 6.31.